The minimum absolute atomic E-state index is 0.0406. The number of nitrogens with zero attached hydrogens (tertiary/aromatic N) is 2. The third-order valence-electron chi connectivity index (χ3n) is 5.13. The highest BCUT2D eigenvalue weighted by Gasteiger charge is 2.35. The molecule has 0 aromatic heterocycles. The van der Waals surface area contributed by atoms with Crippen molar-refractivity contribution in [1.82, 2.24) is 4.90 Å². The Hall–Kier alpha value is -3.86. The van der Waals surface area contributed by atoms with Gasteiger partial charge in [-0.15, -0.1) is 0 Å². The molecule has 1 N–H and O–H groups in total. The van der Waals surface area contributed by atoms with Crippen molar-refractivity contribution in [3.63, 3.8) is 0 Å². The third-order valence-corrected chi connectivity index (χ3v) is 6.60. The van der Waals surface area contributed by atoms with Crippen molar-refractivity contribution in [1.29, 1.82) is 0 Å². The fourth-order valence-electron chi connectivity index (χ4n) is 3.34. The maximum Gasteiger partial charge on any atom is 0.293 e. The number of rotatable bonds is 8. The minimum atomic E-state index is -0.532. The van der Waals surface area contributed by atoms with Crippen molar-refractivity contribution in [3.8, 4) is 5.75 Å². The summed E-state index contributed by atoms with van der Waals surface area (Å²) >= 11 is 12.9. The van der Waals surface area contributed by atoms with Crippen molar-refractivity contribution in [2.45, 2.75) is 6.54 Å². The van der Waals surface area contributed by atoms with Crippen LogP contribution >= 0.6 is 35.0 Å². The number of halogens is 2. The van der Waals surface area contributed by atoms with E-state index in [4.69, 9.17) is 27.9 Å². The SMILES string of the molecule is O=C(COc1ccc(Cl)cc1/C=C1\SC(=O)N(Cc2ccc([N+](=O)[O-])cc2)C1=O)Nc1ccccc1Cl. The quantitative estimate of drug-likeness (QED) is 0.200. The van der Waals surface area contributed by atoms with E-state index in [1.807, 2.05) is 0 Å². The molecule has 37 heavy (non-hydrogen) atoms. The van der Waals surface area contributed by atoms with E-state index in [1.165, 1.54) is 30.3 Å². The van der Waals surface area contributed by atoms with Crippen LogP contribution in [-0.4, -0.2) is 33.5 Å². The van der Waals surface area contributed by atoms with Crippen LogP contribution in [0.1, 0.15) is 11.1 Å². The number of hydrogen-bond donors (Lipinski definition) is 1. The summed E-state index contributed by atoms with van der Waals surface area (Å²) in [5.41, 5.74) is 1.31. The van der Waals surface area contributed by atoms with Crippen LogP contribution in [-0.2, 0) is 16.1 Å². The number of anilines is 1. The summed E-state index contributed by atoms with van der Waals surface area (Å²) in [6.45, 7) is -0.379. The molecule has 0 unspecified atom stereocenters. The largest absolute Gasteiger partial charge is 0.483 e. The second-order valence-corrected chi connectivity index (χ2v) is 9.53. The van der Waals surface area contributed by atoms with Gasteiger partial charge in [-0.2, -0.15) is 0 Å². The fraction of sp³-hybridized carbons (Fsp3) is 0.0800. The molecule has 1 aliphatic heterocycles. The van der Waals surface area contributed by atoms with E-state index in [-0.39, 0.29) is 29.5 Å². The molecule has 0 bridgehead atoms. The highest BCUT2D eigenvalue weighted by atomic mass is 35.5. The van der Waals surface area contributed by atoms with Gasteiger partial charge in [0.1, 0.15) is 5.75 Å². The van der Waals surface area contributed by atoms with Gasteiger partial charge >= 0.3 is 0 Å². The number of nitrogens with one attached hydrogen (secondary N) is 1. The summed E-state index contributed by atoms with van der Waals surface area (Å²) in [5.74, 6) is -0.700. The van der Waals surface area contributed by atoms with Gasteiger partial charge in [0, 0.05) is 22.7 Å². The molecule has 12 heteroatoms. The summed E-state index contributed by atoms with van der Waals surface area (Å²) in [7, 11) is 0. The second kappa shape index (κ2) is 11.5. The van der Waals surface area contributed by atoms with Crippen LogP contribution in [0.3, 0.4) is 0 Å². The lowest BCUT2D eigenvalue weighted by Crippen LogP contribution is -2.27. The molecule has 1 fully saturated rings. The fourth-order valence-corrected chi connectivity index (χ4v) is 4.53. The Balaban J connectivity index is 1.47. The zero-order valence-corrected chi connectivity index (χ0v) is 21.2. The molecule has 3 aromatic carbocycles. The van der Waals surface area contributed by atoms with E-state index in [9.17, 15) is 24.5 Å². The van der Waals surface area contributed by atoms with Gasteiger partial charge in [-0.3, -0.25) is 29.4 Å². The maximum atomic E-state index is 13.0. The number of para-hydroxylation sites is 1. The molecule has 188 valence electrons. The normalized spacial score (nSPS) is 14.2. The first kappa shape index (κ1) is 26.2. The third kappa shape index (κ3) is 6.48. The average Bonchev–Trinajstić information content (AvgIpc) is 3.12. The number of benzene rings is 3. The van der Waals surface area contributed by atoms with Crippen molar-refractivity contribution in [3.05, 3.63) is 103 Å². The van der Waals surface area contributed by atoms with Crippen molar-refractivity contribution in [2.24, 2.45) is 0 Å². The van der Waals surface area contributed by atoms with Gasteiger partial charge in [0.05, 0.1) is 27.1 Å². The lowest BCUT2D eigenvalue weighted by Gasteiger charge is -2.12. The number of non-ortho nitro benzene ring substituents is 1. The lowest BCUT2D eigenvalue weighted by molar-refractivity contribution is -0.384. The Kier molecular flexibility index (Phi) is 8.12. The van der Waals surface area contributed by atoms with Gasteiger partial charge in [0.15, 0.2) is 6.61 Å². The van der Waals surface area contributed by atoms with E-state index in [0.29, 0.717) is 26.9 Å². The number of nitro benzene ring substituents is 1. The zero-order valence-electron chi connectivity index (χ0n) is 18.9. The molecule has 9 nitrogen and oxygen atoms in total. The van der Waals surface area contributed by atoms with Crippen LogP contribution in [0.25, 0.3) is 6.08 Å². The van der Waals surface area contributed by atoms with E-state index in [2.05, 4.69) is 5.32 Å². The molecule has 3 amide bonds. The van der Waals surface area contributed by atoms with Crippen LogP contribution in [0, 0.1) is 10.1 Å². The number of ether oxygens (including phenoxy) is 1. The topological polar surface area (TPSA) is 119 Å². The molecule has 0 spiro atoms. The number of imide groups is 1. The van der Waals surface area contributed by atoms with Gasteiger partial charge < -0.3 is 10.1 Å². The van der Waals surface area contributed by atoms with Crippen molar-refractivity contribution >= 4 is 69.5 Å². The number of thioether (sulfide) groups is 1. The molecule has 4 rings (SSSR count). The lowest BCUT2D eigenvalue weighted by atomic mass is 10.1. The Labute approximate surface area is 225 Å². The average molecular weight is 558 g/mol. The Morgan fingerprint density at radius 2 is 1.81 bits per heavy atom. The van der Waals surface area contributed by atoms with Crippen LogP contribution in [0.4, 0.5) is 16.2 Å². The van der Waals surface area contributed by atoms with Crippen LogP contribution in [0.2, 0.25) is 10.0 Å². The first-order valence-corrected chi connectivity index (χ1v) is 12.2. The summed E-state index contributed by atoms with van der Waals surface area (Å²) < 4.78 is 5.66. The zero-order chi connectivity index (χ0) is 26.5. The summed E-state index contributed by atoms with van der Waals surface area (Å²) in [4.78, 5) is 49.3. The first-order valence-electron chi connectivity index (χ1n) is 10.7. The molecule has 3 aromatic rings. The number of hydrogen-bond acceptors (Lipinski definition) is 7. The predicted octanol–water partition coefficient (Wildman–Crippen LogP) is 6.16. The van der Waals surface area contributed by atoms with Crippen LogP contribution < -0.4 is 10.1 Å². The Bertz CT molecular complexity index is 1430. The van der Waals surface area contributed by atoms with E-state index in [1.54, 1.807) is 42.5 Å². The molecular formula is C25H17Cl2N3O6S. The molecule has 0 aliphatic carbocycles. The number of carbonyl (C=O) groups is 3. The highest BCUT2D eigenvalue weighted by molar-refractivity contribution is 8.18. The summed E-state index contributed by atoms with van der Waals surface area (Å²) in [6.07, 6.45) is 1.47. The van der Waals surface area contributed by atoms with Gasteiger partial charge in [0.25, 0.3) is 22.7 Å². The number of amides is 3. The van der Waals surface area contributed by atoms with Crippen molar-refractivity contribution in [2.75, 3.05) is 11.9 Å². The van der Waals surface area contributed by atoms with Gasteiger partial charge in [-0.05, 0) is 53.7 Å². The Morgan fingerprint density at radius 1 is 1.08 bits per heavy atom. The van der Waals surface area contributed by atoms with Gasteiger partial charge in [-0.25, -0.2) is 0 Å². The number of nitro groups is 1. The standard InChI is InChI=1S/C25H17Cl2N3O6S/c26-17-7-10-21(36-14-23(31)28-20-4-2-1-3-19(20)27)16(11-17)12-22-24(32)29(25(33)37-22)13-15-5-8-18(9-6-15)30(34)35/h1-12H,13-14H2,(H,28,31)/b22-12-. The Morgan fingerprint density at radius 3 is 2.51 bits per heavy atom. The smallest absolute Gasteiger partial charge is 0.293 e. The summed E-state index contributed by atoms with van der Waals surface area (Å²) in [6, 6.07) is 17.0. The molecule has 0 radical (unpaired) electrons. The monoisotopic (exact) mass is 557 g/mol. The van der Waals surface area contributed by atoms with Gasteiger partial charge in [-0.1, -0.05) is 47.5 Å². The minimum Gasteiger partial charge on any atom is -0.483 e. The molecule has 0 saturated carbocycles. The van der Waals surface area contributed by atoms with E-state index < -0.39 is 22.0 Å². The first-order chi connectivity index (χ1) is 17.7. The molecule has 1 aliphatic rings. The highest BCUT2D eigenvalue weighted by Crippen LogP contribution is 2.36. The number of carbonyl (C=O) groups excluding carboxylic acids is 3. The molecular weight excluding hydrogens is 541 g/mol. The molecule has 1 heterocycles. The second-order valence-electron chi connectivity index (χ2n) is 7.69. The molecule has 1 saturated heterocycles. The van der Waals surface area contributed by atoms with E-state index in [0.717, 1.165) is 16.7 Å². The van der Waals surface area contributed by atoms with E-state index >= 15 is 0 Å². The van der Waals surface area contributed by atoms with Crippen LogP contribution in [0.5, 0.6) is 5.75 Å². The molecule has 0 atom stereocenters. The van der Waals surface area contributed by atoms with Crippen LogP contribution in [0.15, 0.2) is 71.6 Å². The van der Waals surface area contributed by atoms with Gasteiger partial charge in [0.2, 0.25) is 0 Å². The summed E-state index contributed by atoms with van der Waals surface area (Å²) in [5, 5.41) is 13.7. The maximum absolute atomic E-state index is 13.0. The predicted molar refractivity (Wildman–Crippen MR) is 142 cm³/mol. The van der Waals surface area contributed by atoms with Crippen molar-refractivity contribution < 1.29 is 24.0 Å².